The van der Waals surface area contributed by atoms with E-state index in [0.717, 1.165) is 5.56 Å². The quantitative estimate of drug-likeness (QED) is 0.756. The number of aryl methyl sites for hydroxylation is 1. The molecule has 2 heterocycles. The largest absolute Gasteiger partial charge is 0.309 e. The number of benzene rings is 1. The minimum Gasteiger partial charge on any atom is -0.309 e. The Morgan fingerprint density at radius 1 is 1.17 bits per heavy atom. The van der Waals surface area contributed by atoms with Crippen molar-refractivity contribution in [2.45, 2.75) is 19.5 Å². The monoisotopic (exact) mass is 329 g/mol. The lowest BCUT2D eigenvalue weighted by molar-refractivity contribution is -0.116. The molecule has 7 heteroatoms. The first-order valence-electron chi connectivity index (χ1n) is 7.24. The van der Waals surface area contributed by atoms with E-state index in [1.807, 2.05) is 36.5 Å². The van der Waals surface area contributed by atoms with Gasteiger partial charge < -0.3 is 5.32 Å². The van der Waals surface area contributed by atoms with Crippen LogP contribution < -0.4 is 5.32 Å². The Bertz CT molecular complexity index is 781. The number of halogens is 1. The third-order valence-electron chi connectivity index (χ3n) is 3.27. The van der Waals surface area contributed by atoms with E-state index in [9.17, 15) is 4.79 Å². The maximum absolute atomic E-state index is 11.9. The molecule has 0 unspecified atom stereocenters. The SMILES string of the molecule is O=C(CCn1cc(Cl)cn1)Nc1ccn(Cc2ccccc2)n1. The van der Waals surface area contributed by atoms with Gasteiger partial charge in [-0.25, -0.2) is 0 Å². The Balaban J connectivity index is 1.51. The second-order valence-corrected chi connectivity index (χ2v) is 5.54. The van der Waals surface area contributed by atoms with Crippen LogP contribution in [0.25, 0.3) is 0 Å². The molecular weight excluding hydrogens is 314 g/mol. The molecule has 0 fully saturated rings. The highest BCUT2D eigenvalue weighted by atomic mass is 35.5. The minimum atomic E-state index is -0.110. The van der Waals surface area contributed by atoms with Crippen LogP contribution in [0.4, 0.5) is 5.82 Å². The topological polar surface area (TPSA) is 64.7 Å². The molecule has 0 radical (unpaired) electrons. The van der Waals surface area contributed by atoms with Crippen LogP contribution in [0.1, 0.15) is 12.0 Å². The number of hydrogen-bond acceptors (Lipinski definition) is 3. The van der Waals surface area contributed by atoms with E-state index in [0.29, 0.717) is 30.4 Å². The van der Waals surface area contributed by atoms with Crippen molar-refractivity contribution >= 4 is 23.3 Å². The number of aromatic nitrogens is 4. The number of carbonyl (C=O) groups excluding carboxylic acids is 1. The van der Waals surface area contributed by atoms with Crippen LogP contribution in [0.2, 0.25) is 5.02 Å². The molecular formula is C16H16ClN5O. The van der Waals surface area contributed by atoms with Crippen LogP contribution in [-0.2, 0) is 17.9 Å². The third-order valence-corrected chi connectivity index (χ3v) is 3.46. The van der Waals surface area contributed by atoms with Gasteiger partial charge in [0.05, 0.1) is 17.8 Å². The molecule has 0 bridgehead atoms. The second kappa shape index (κ2) is 7.11. The fraction of sp³-hybridized carbons (Fsp3) is 0.188. The van der Waals surface area contributed by atoms with Gasteiger partial charge in [-0.2, -0.15) is 10.2 Å². The van der Waals surface area contributed by atoms with Crippen molar-refractivity contribution in [3.63, 3.8) is 0 Å². The average Bonchev–Trinajstić information content (AvgIpc) is 3.15. The molecule has 23 heavy (non-hydrogen) atoms. The number of hydrogen-bond donors (Lipinski definition) is 1. The summed E-state index contributed by atoms with van der Waals surface area (Å²) in [5, 5.41) is 11.7. The Hall–Kier alpha value is -2.60. The molecule has 2 aromatic heterocycles. The fourth-order valence-electron chi connectivity index (χ4n) is 2.17. The van der Waals surface area contributed by atoms with Crippen molar-refractivity contribution in [3.8, 4) is 0 Å². The summed E-state index contributed by atoms with van der Waals surface area (Å²) in [6, 6.07) is 11.8. The van der Waals surface area contributed by atoms with E-state index in [-0.39, 0.29) is 5.91 Å². The Kier molecular flexibility index (Phi) is 4.73. The fourth-order valence-corrected chi connectivity index (χ4v) is 2.33. The Morgan fingerprint density at radius 3 is 2.74 bits per heavy atom. The molecule has 1 amide bonds. The molecule has 0 saturated heterocycles. The summed E-state index contributed by atoms with van der Waals surface area (Å²) in [4.78, 5) is 11.9. The molecule has 6 nitrogen and oxygen atoms in total. The van der Waals surface area contributed by atoms with Gasteiger partial charge in [-0.15, -0.1) is 0 Å². The normalized spacial score (nSPS) is 10.7. The summed E-state index contributed by atoms with van der Waals surface area (Å²) in [7, 11) is 0. The van der Waals surface area contributed by atoms with Crippen molar-refractivity contribution in [1.82, 2.24) is 19.6 Å². The van der Waals surface area contributed by atoms with E-state index in [4.69, 9.17) is 11.6 Å². The first-order chi connectivity index (χ1) is 11.2. The zero-order valence-electron chi connectivity index (χ0n) is 12.4. The highest BCUT2D eigenvalue weighted by Gasteiger charge is 2.06. The molecule has 3 aromatic rings. The Labute approximate surface area is 138 Å². The van der Waals surface area contributed by atoms with Gasteiger partial charge in [0.15, 0.2) is 5.82 Å². The predicted octanol–water partition coefficient (Wildman–Crippen LogP) is 2.81. The summed E-state index contributed by atoms with van der Waals surface area (Å²) >= 11 is 5.78. The van der Waals surface area contributed by atoms with E-state index >= 15 is 0 Å². The standard InChI is InChI=1S/C16H16ClN5O/c17-14-10-18-21(12-14)9-7-16(23)19-15-6-8-22(20-15)11-13-4-2-1-3-5-13/h1-6,8,10,12H,7,9,11H2,(H,19,20,23). The van der Waals surface area contributed by atoms with E-state index in [2.05, 4.69) is 15.5 Å². The molecule has 1 N–H and O–H groups in total. The lowest BCUT2D eigenvalue weighted by atomic mass is 10.2. The van der Waals surface area contributed by atoms with Gasteiger partial charge in [0.25, 0.3) is 0 Å². The minimum absolute atomic E-state index is 0.110. The summed E-state index contributed by atoms with van der Waals surface area (Å²) in [6.45, 7) is 1.14. The van der Waals surface area contributed by atoms with Gasteiger partial charge in [-0.1, -0.05) is 41.9 Å². The molecule has 3 rings (SSSR count). The van der Waals surface area contributed by atoms with Crippen molar-refractivity contribution < 1.29 is 4.79 Å². The van der Waals surface area contributed by atoms with E-state index < -0.39 is 0 Å². The molecule has 0 aliphatic carbocycles. The van der Waals surface area contributed by atoms with Gasteiger partial charge in [0, 0.05) is 31.4 Å². The first kappa shape index (κ1) is 15.3. The zero-order valence-corrected chi connectivity index (χ0v) is 13.1. The zero-order chi connectivity index (χ0) is 16.1. The molecule has 0 aliphatic heterocycles. The number of nitrogens with zero attached hydrogens (tertiary/aromatic N) is 4. The molecule has 118 valence electrons. The van der Waals surface area contributed by atoms with Crippen molar-refractivity contribution in [2.75, 3.05) is 5.32 Å². The summed E-state index contributed by atoms with van der Waals surface area (Å²) in [5.41, 5.74) is 1.16. The highest BCUT2D eigenvalue weighted by molar-refractivity contribution is 6.30. The second-order valence-electron chi connectivity index (χ2n) is 5.10. The highest BCUT2D eigenvalue weighted by Crippen LogP contribution is 2.08. The maximum atomic E-state index is 11.9. The van der Waals surface area contributed by atoms with Crippen LogP contribution in [0.15, 0.2) is 55.0 Å². The molecule has 0 spiro atoms. The van der Waals surface area contributed by atoms with Crippen molar-refractivity contribution in [3.05, 3.63) is 65.6 Å². The van der Waals surface area contributed by atoms with Gasteiger partial charge in [-0.05, 0) is 5.56 Å². The maximum Gasteiger partial charge on any atom is 0.227 e. The van der Waals surface area contributed by atoms with Gasteiger partial charge in [0.1, 0.15) is 0 Å². The van der Waals surface area contributed by atoms with Crippen LogP contribution in [0.3, 0.4) is 0 Å². The van der Waals surface area contributed by atoms with Crippen LogP contribution in [0, 0.1) is 0 Å². The van der Waals surface area contributed by atoms with Crippen molar-refractivity contribution in [1.29, 1.82) is 0 Å². The van der Waals surface area contributed by atoms with E-state index in [1.165, 1.54) is 0 Å². The smallest absolute Gasteiger partial charge is 0.227 e. The number of amides is 1. The molecule has 1 aromatic carbocycles. The first-order valence-corrected chi connectivity index (χ1v) is 7.62. The lowest BCUT2D eigenvalue weighted by Gasteiger charge is -2.03. The van der Waals surface area contributed by atoms with Crippen LogP contribution in [-0.4, -0.2) is 25.5 Å². The van der Waals surface area contributed by atoms with Gasteiger partial charge in [-0.3, -0.25) is 14.2 Å². The van der Waals surface area contributed by atoms with Crippen molar-refractivity contribution in [2.24, 2.45) is 0 Å². The summed E-state index contributed by atoms with van der Waals surface area (Å²) in [6.07, 6.45) is 5.38. The van der Waals surface area contributed by atoms with E-state index in [1.54, 1.807) is 27.8 Å². The summed E-state index contributed by atoms with van der Waals surface area (Å²) in [5.74, 6) is 0.436. The third kappa shape index (κ3) is 4.43. The number of nitrogens with one attached hydrogen (secondary N) is 1. The predicted molar refractivity (Wildman–Crippen MR) is 88.3 cm³/mol. The molecule has 0 aliphatic rings. The number of anilines is 1. The molecule has 0 saturated carbocycles. The lowest BCUT2D eigenvalue weighted by Crippen LogP contribution is -2.15. The number of carbonyl (C=O) groups is 1. The summed E-state index contributed by atoms with van der Waals surface area (Å²) < 4.78 is 3.42. The van der Waals surface area contributed by atoms with Gasteiger partial charge in [0.2, 0.25) is 5.91 Å². The average molecular weight is 330 g/mol. The van der Waals surface area contributed by atoms with Gasteiger partial charge >= 0.3 is 0 Å². The Morgan fingerprint density at radius 2 is 2.00 bits per heavy atom. The molecule has 0 atom stereocenters. The van der Waals surface area contributed by atoms with Crippen LogP contribution in [0.5, 0.6) is 0 Å². The van der Waals surface area contributed by atoms with Crippen LogP contribution >= 0.6 is 11.6 Å². The number of rotatable bonds is 6.